The first kappa shape index (κ1) is 12.1. The van der Waals surface area contributed by atoms with E-state index < -0.39 is 0 Å². The minimum absolute atomic E-state index is 0.0236. The van der Waals surface area contributed by atoms with Crippen LogP contribution in [0, 0.1) is 6.92 Å². The van der Waals surface area contributed by atoms with Gasteiger partial charge in [0.25, 0.3) is 0 Å². The molecule has 2 heterocycles. The molecule has 0 unspecified atom stereocenters. The zero-order valence-electron chi connectivity index (χ0n) is 9.64. The fourth-order valence-electron chi connectivity index (χ4n) is 1.60. The Morgan fingerprint density at radius 1 is 1.65 bits per heavy atom. The van der Waals surface area contributed by atoms with E-state index in [0.29, 0.717) is 19.4 Å². The molecule has 0 saturated carbocycles. The first-order valence-corrected chi connectivity index (χ1v) is 6.38. The number of hydrogen-bond donors (Lipinski definition) is 2. The Hall–Kier alpha value is -1.40. The first-order valence-electron chi connectivity index (χ1n) is 5.50. The maximum Gasteiger partial charge on any atom is 0.225 e. The van der Waals surface area contributed by atoms with Crippen molar-refractivity contribution in [3.05, 3.63) is 23.0 Å². The first-order chi connectivity index (χ1) is 8.20. The normalized spacial score (nSPS) is 10.9. The van der Waals surface area contributed by atoms with Crippen LogP contribution in [0.4, 0.5) is 0 Å². The Kier molecular flexibility index (Phi) is 3.75. The van der Waals surface area contributed by atoms with Gasteiger partial charge >= 0.3 is 0 Å². The molecule has 0 bridgehead atoms. The number of thiazole rings is 1. The number of carbonyl (C=O) groups excluding carboxylic acids is 1. The molecule has 0 aliphatic heterocycles. The highest BCUT2D eigenvalue weighted by Gasteiger charge is 2.09. The number of fused-ring (bicyclic) bond motifs is 1. The Bertz CT molecular complexity index is 518. The second-order valence-electron chi connectivity index (χ2n) is 3.87. The maximum atomic E-state index is 11.6. The number of carbonyl (C=O) groups is 1. The summed E-state index contributed by atoms with van der Waals surface area (Å²) < 4.78 is 1.95. The molecule has 92 valence electrons. The molecular formula is C11H15N3O2S. The van der Waals surface area contributed by atoms with Gasteiger partial charge in [-0.15, -0.1) is 11.3 Å². The van der Waals surface area contributed by atoms with Crippen molar-refractivity contribution >= 4 is 22.2 Å². The lowest BCUT2D eigenvalue weighted by molar-refractivity contribution is -0.120. The van der Waals surface area contributed by atoms with E-state index in [0.717, 1.165) is 16.3 Å². The van der Waals surface area contributed by atoms with E-state index in [1.165, 1.54) is 11.3 Å². The second kappa shape index (κ2) is 5.29. The number of nitrogens with one attached hydrogen (secondary N) is 1. The molecule has 5 nitrogen and oxygen atoms in total. The van der Waals surface area contributed by atoms with Crippen LogP contribution < -0.4 is 5.32 Å². The largest absolute Gasteiger partial charge is 0.396 e. The summed E-state index contributed by atoms with van der Waals surface area (Å²) in [6.45, 7) is 2.56. The average molecular weight is 253 g/mol. The minimum atomic E-state index is -0.0236. The quantitative estimate of drug-likeness (QED) is 0.773. The second-order valence-corrected chi connectivity index (χ2v) is 4.70. The molecule has 6 heteroatoms. The summed E-state index contributed by atoms with van der Waals surface area (Å²) in [5.41, 5.74) is 1.91. The molecule has 0 spiro atoms. The van der Waals surface area contributed by atoms with Gasteiger partial charge in [0, 0.05) is 30.4 Å². The molecule has 0 aromatic carbocycles. The van der Waals surface area contributed by atoms with Crippen molar-refractivity contribution in [3.63, 3.8) is 0 Å². The predicted octanol–water partition coefficient (Wildman–Crippen LogP) is 0.745. The van der Waals surface area contributed by atoms with Gasteiger partial charge in [0.2, 0.25) is 5.91 Å². The van der Waals surface area contributed by atoms with Gasteiger partial charge in [-0.2, -0.15) is 0 Å². The number of aromatic nitrogens is 2. The lowest BCUT2D eigenvalue weighted by atomic mass is 10.3. The predicted molar refractivity (Wildman–Crippen MR) is 66.2 cm³/mol. The monoisotopic (exact) mass is 253 g/mol. The van der Waals surface area contributed by atoms with Crippen LogP contribution in [-0.2, 0) is 11.2 Å². The Morgan fingerprint density at radius 3 is 3.24 bits per heavy atom. The third-order valence-corrected chi connectivity index (χ3v) is 3.29. The van der Waals surface area contributed by atoms with Crippen LogP contribution in [-0.4, -0.2) is 33.6 Å². The van der Waals surface area contributed by atoms with Crippen molar-refractivity contribution in [3.8, 4) is 0 Å². The number of aliphatic hydroxyl groups is 1. The van der Waals surface area contributed by atoms with Crippen LogP contribution in [0.3, 0.4) is 0 Å². The van der Waals surface area contributed by atoms with Gasteiger partial charge in [0.1, 0.15) is 0 Å². The van der Waals surface area contributed by atoms with Crippen LogP contribution in [0.5, 0.6) is 0 Å². The molecule has 0 saturated heterocycles. The zero-order chi connectivity index (χ0) is 12.3. The van der Waals surface area contributed by atoms with Gasteiger partial charge in [-0.1, -0.05) is 0 Å². The fraction of sp³-hybridized carbons (Fsp3) is 0.455. The third kappa shape index (κ3) is 2.83. The number of aliphatic hydroxyl groups excluding tert-OH is 1. The Balaban J connectivity index is 2.00. The lowest BCUT2D eigenvalue weighted by Crippen LogP contribution is -2.26. The zero-order valence-corrected chi connectivity index (χ0v) is 10.5. The molecule has 2 rings (SSSR count). The minimum Gasteiger partial charge on any atom is -0.396 e. The topological polar surface area (TPSA) is 66.6 Å². The van der Waals surface area contributed by atoms with Crippen molar-refractivity contribution in [1.29, 1.82) is 0 Å². The van der Waals surface area contributed by atoms with Crippen LogP contribution in [0.15, 0.2) is 11.6 Å². The number of rotatable bonds is 5. The Morgan fingerprint density at radius 2 is 2.47 bits per heavy atom. The summed E-state index contributed by atoms with van der Waals surface area (Å²) in [5.74, 6) is -0.0236. The van der Waals surface area contributed by atoms with E-state index in [9.17, 15) is 4.79 Å². The van der Waals surface area contributed by atoms with Crippen molar-refractivity contribution in [2.75, 3.05) is 13.2 Å². The van der Waals surface area contributed by atoms with Gasteiger partial charge < -0.3 is 10.4 Å². The summed E-state index contributed by atoms with van der Waals surface area (Å²) in [5, 5.41) is 13.3. The SMILES string of the molecule is Cc1cn2c(CC(=O)NCCCO)csc2n1. The molecule has 1 amide bonds. The molecule has 0 radical (unpaired) electrons. The van der Waals surface area contributed by atoms with Crippen molar-refractivity contribution in [2.24, 2.45) is 0 Å². The number of amides is 1. The highest BCUT2D eigenvalue weighted by molar-refractivity contribution is 7.15. The Labute approximate surface area is 103 Å². The summed E-state index contributed by atoms with van der Waals surface area (Å²) in [7, 11) is 0. The van der Waals surface area contributed by atoms with E-state index >= 15 is 0 Å². The van der Waals surface area contributed by atoms with Gasteiger partial charge in [0.15, 0.2) is 4.96 Å². The number of aryl methyl sites for hydroxylation is 1. The van der Waals surface area contributed by atoms with Crippen molar-refractivity contribution in [2.45, 2.75) is 19.8 Å². The number of hydrogen-bond acceptors (Lipinski definition) is 4. The highest BCUT2D eigenvalue weighted by Crippen LogP contribution is 2.16. The summed E-state index contributed by atoms with van der Waals surface area (Å²) in [6, 6.07) is 0. The standard InChI is InChI=1S/C11H15N3O2S/c1-8-6-14-9(7-17-11(14)13-8)5-10(16)12-3-2-4-15/h6-7,15H,2-5H2,1H3,(H,12,16). The van der Waals surface area contributed by atoms with E-state index in [2.05, 4.69) is 10.3 Å². The smallest absolute Gasteiger partial charge is 0.225 e. The number of nitrogens with zero attached hydrogens (tertiary/aromatic N) is 2. The molecule has 0 atom stereocenters. The van der Waals surface area contributed by atoms with Crippen LogP contribution in [0.1, 0.15) is 17.8 Å². The van der Waals surface area contributed by atoms with E-state index in [1.54, 1.807) is 0 Å². The number of imidazole rings is 1. The summed E-state index contributed by atoms with van der Waals surface area (Å²) >= 11 is 1.54. The van der Waals surface area contributed by atoms with Gasteiger partial charge in [0.05, 0.1) is 12.1 Å². The molecule has 0 aliphatic rings. The van der Waals surface area contributed by atoms with Gasteiger partial charge in [-0.25, -0.2) is 4.98 Å². The van der Waals surface area contributed by atoms with Gasteiger partial charge in [-0.3, -0.25) is 9.20 Å². The molecule has 0 fully saturated rings. The van der Waals surface area contributed by atoms with Crippen LogP contribution in [0.25, 0.3) is 4.96 Å². The summed E-state index contributed by atoms with van der Waals surface area (Å²) in [6.07, 6.45) is 2.87. The van der Waals surface area contributed by atoms with Gasteiger partial charge in [-0.05, 0) is 13.3 Å². The highest BCUT2D eigenvalue weighted by atomic mass is 32.1. The van der Waals surface area contributed by atoms with E-state index in [4.69, 9.17) is 5.11 Å². The molecule has 2 aromatic heterocycles. The molecule has 2 aromatic rings. The summed E-state index contributed by atoms with van der Waals surface area (Å²) in [4.78, 5) is 16.9. The van der Waals surface area contributed by atoms with E-state index in [-0.39, 0.29) is 12.5 Å². The van der Waals surface area contributed by atoms with Crippen molar-refractivity contribution in [1.82, 2.24) is 14.7 Å². The van der Waals surface area contributed by atoms with Crippen LogP contribution in [0.2, 0.25) is 0 Å². The third-order valence-electron chi connectivity index (χ3n) is 2.40. The van der Waals surface area contributed by atoms with Crippen LogP contribution >= 0.6 is 11.3 Å². The average Bonchev–Trinajstić information content (AvgIpc) is 2.80. The molecule has 2 N–H and O–H groups in total. The van der Waals surface area contributed by atoms with E-state index in [1.807, 2.05) is 22.9 Å². The molecule has 0 aliphatic carbocycles. The maximum absolute atomic E-state index is 11.6. The lowest BCUT2D eigenvalue weighted by Gasteiger charge is -2.03. The molecular weight excluding hydrogens is 238 g/mol. The van der Waals surface area contributed by atoms with Crippen molar-refractivity contribution < 1.29 is 9.90 Å². The fourth-order valence-corrected chi connectivity index (χ4v) is 2.52. The molecule has 17 heavy (non-hydrogen) atoms.